The van der Waals surface area contributed by atoms with E-state index in [1.807, 2.05) is 6.92 Å². The second kappa shape index (κ2) is 11.1. The number of aromatic hydroxyl groups is 1. The number of ether oxygens (including phenoxy) is 1. The SMILES string of the molecule is Br.CCOc1cc2c(cc1CC(=O)NC)C(=N)N(CC(=O)c1cc([N+](=O)[O-])c(O)c(C(C)(C)C)c1)C2. The van der Waals surface area contributed by atoms with Crippen molar-refractivity contribution < 1.29 is 24.4 Å². The van der Waals surface area contributed by atoms with Crippen LogP contribution in [0, 0.1) is 15.5 Å². The number of Topliss-reactive ketones (excluding diaryl/α,β-unsaturated/α-hetero) is 1. The van der Waals surface area contributed by atoms with Crippen LogP contribution in [0.4, 0.5) is 5.69 Å². The third-order valence-electron chi connectivity index (χ3n) is 5.90. The van der Waals surface area contributed by atoms with Gasteiger partial charge < -0.3 is 20.1 Å². The highest BCUT2D eigenvalue weighted by molar-refractivity contribution is 8.93. The van der Waals surface area contributed by atoms with E-state index in [0.717, 1.165) is 11.6 Å². The highest BCUT2D eigenvalue weighted by Crippen LogP contribution is 2.39. The minimum Gasteiger partial charge on any atom is -0.502 e. The number of benzene rings is 2. The van der Waals surface area contributed by atoms with Crippen LogP contribution in [0.2, 0.25) is 0 Å². The van der Waals surface area contributed by atoms with Crippen molar-refractivity contribution in [1.82, 2.24) is 10.2 Å². The minimum atomic E-state index is -0.710. The van der Waals surface area contributed by atoms with Gasteiger partial charge in [0, 0.05) is 41.9 Å². The third-order valence-corrected chi connectivity index (χ3v) is 5.90. The van der Waals surface area contributed by atoms with Crippen molar-refractivity contribution in [2.75, 3.05) is 20.2 Å². The molecule has 0 radical (unpaired) electrons. The monoisotopic (exact) mass is 562 g/mol. The van der Waals surface area contributed by atoms with Gasteiger partial charge in [-0.15, -0.1) is 17.0 Å². The van der Waals surface area contributed by atoms with Crippen molar-refractivity contribution in [3.63, 3.8) is 0 Å². The van der Waals surface area contributed by atoms with E-state index in [1.54, 1.807) is 44.9 Å². The van der Waals surface area contributed by atoms with E-state index in [9.17, 15) is 24.8 Å². The first-order valence-electron chi connectivity index (χ1n) is 11.3. The normalized spacial score (nSPS) is 12.6. The Kier molecular flexibility index (Phi) is 8.84. The van der Waals surface area contributed by atoms with E-state index in [2.05, 4.69) is 5.32 Å². The number of rotatable bonds is 8. The van der Waals surface area contributed by atoms with Crippen LogP contribution >= 0.6 is 17.0 Å². The van der Waals surface area contributed by atoms with Crippen molar-refractivity contribution in [2.24, 2.45) is 0 Å². The number of halogens is 1. The van der Waals surface area contributed by atoms with Crippen LogP contribution in [0.15, 0.2) is 24.3 Å². The Hall–Kier alpha value is -3.47. The molecular formula is C25H31BrN4O6. The van der Waals surface area contributed by atoms with Gasteiger partial charge in [-0.25, -0.2) is 0 Å². The topological polar surface area (TPSA) is 146 Å². The molecule has 0 saturated heterocycles. The summed E-state index contributed by atoms with van der Waals surface area (Å²) in [5.74, 6) is -0.371. The standard InChI is InChI=1S/C25H30N4O6.BrH/c1-6-35-21-10-16-12-28(24(26)17(16)7-15(21)11-22(31)27-5)13-20(30)14-8-18(25(2,3)4)23(32)19(9-14)29(33)34;/h7-10,26,32H,6,11-13H2,1-5H3,(H,27,31);1H. The summed E-state index contributed by atoms with van der Waals surface area (Å²) < 4.78 is 5.70. The van der Waals surface area contributed by atoms with Gasteiger partial charge in [-0.05, 0) is 36.1 Å². The lowest BCUT2D eigenvalue weighted by Gasteiger charge is -2.22. The van der Waals surface area contributed by atoms with Gasteiger partial charge in [0.2, 0.25) is 5.91 Å². The Morgan fingerprint density at radius 2 is 1.92 bits per heavy atom. The highest BCUT2D eigenvalue weighted by Gasteiger charge is 2.31. The Balaban J connectivity index is 0.00000456. The lowest BCUT2D eigenvalue weighted by molar-refractivity contribution is -0.386. The summed E-state index contributed by atoms with van der Waals surface area (Å²) >= 11 is 0. The van der Waals surface area contributed by atoms with Gasteiger partial charge in [-0.3, -0.25) is 25.1 Å². The number of amidine groups is 1. The number of amides is 1. The fourth-order valence-electron chi connectivity index (χ4n) is 4.05. The number of hydrogen-bond donors (Lipinski definition) is 3. The molecule has 0 saturated carbocycles. The van der Waals surface area contributed by atoms with Gasteiger partial charge in [-0.2, -0.15) is 0 Å². The first-order chi connectivity index (χ1) is 16.4. The number of carbonyl (C=O) groups is 2. The summed E-state index contributed by atoms with van der Waals surface area (Å²) in [6.45, 7) is 7.74. The van der Waals surface area contributed by atoms with Gasteiger partial charge in [0.1, 0.15) is 11.6 Å². The van der Waals surface area contributed by atoms with E-state index in [-0.39, 0.29) is 53.8 Å². The van der Waals surface area contributed by atoms with E-state index in [1.165, 1.54) is 6.07 Å². The molecule has 0 spiro atoms. The molecule has 1 aliphatic heterocycles. The number of nitro groups is 1. The van der Waals surface area contributed by atoms with E-state index >= 15 is 0 Å². The molecule has 0 aliphatic carbocycles. The van der Waals surface area contributed by atoms with E-state index in [0.29, 0.717) is 29.0 Å². The van der Waals surface area contributed by atoms with Gasteiger partial charge >= 0.3 is 5.69 Å². The molecular weight excluding hydrogens is 532 g/mol. The molecule has 0 bridgehead atoms. The molecule has 194 valence electrons. The first kappa shape index (κ1) is 28.8. The highest BCUT2D eigenvalue weighted by atomic mass is 79.9. The van der Waals surface area contributed by atoms with Gasteiger partial charge in [0.15, 0.2) is 11.5 Å². The molecule has 0 unspecified atom stereocenters. The Bertz CT molecular complexity index is 1220. The number of hydrogen-bond acceptors (Lipinski definition) is 7. The zero-order valence-corrected chi connectivity index (χ0v) is 22.6. The van der Waals surface area contributed by atoms with Crippen LogP contribution < -0.4 is 10.1 Å². The second-order valence-corrected chi connectivity index (χ2v) is 9.43. The zero-order chi connectivity index (χ0) is 26.1. The Morgan fingerprint density at radius 3 is 2.47 bits per heavy atom. The molecule has 36 heavy (non-hydrogen) atoms. The fourth-order valence-corrected chi connectivity index (χ4v) is 4.05. The predicted molar refractivity (Wildman–Crippen MR) is 141 cm³/mol. The van der Waals surface area contributed by atoms with E-state index < -0.39 is 27.6 Å². The first-order valence-corrected chi connectivity index (χ1v) is 11.3. The number of phenols is 1. The van der Waals surface area contributed by atoms with Crippen LogP contribution in [0.5, 0.6) is 11.5 Å². The number of phenolic OH excluding ortho intramolecular Hbond substituents is 1. The number of ketones is 1. The number of fused-ring (bicyclic) bond motifs is 1. The number of nitrogens with one attached hydrogen (secondary N) is 2. The fraction of sp³-hybridized carbons (Fsp3) is 0.400. The third kappa shape index (κ3) is 5.84. The predicted octanol–water partition coefficient (Wildman–Crippen LogP) is 3.89. The summed E-state index contributed by atoms with van der Waals surface area (Å²) in [5.41, 5.74) is 1.28. The molecule has 1 heterocycles. The van der Waals surface area contributed by atoms with Gasteiger partial charge in [0.05, 0.1) is 24.5 Å². The molecule has 10 nitrogen and oxygen atoms in total. The summed E-state index contributed by atoms with van der Waals surface area (Å²) in [4.78, 5) is 37.5. The van der Waals surface area contributed by atoms with Crippen molar-refractivity contribution in [3.8, 4) is 11.5 Å². The molecule has 3 rings (SSSR count). The molecule has 2 aromatic rings. The largest absolute Gasteiger partial charge is 0.502 e. The van der Waals surface area contributed by atoms with Gasteiger partial charge in [-0.1, -0.05) is 20.8 Å². The van der Waals surface area contributed by atoms with Crippen molar-refractivity contribution in [3.05, 3.63) is 62.2 Å². The van der Waals surface area contributed by atoms with Crippen molar-refractivity contribution in [2.45, 2.75) is 46.1 Å². The summed E-state index contributed by atoms with van der Waals surface area (Å²) in [7, 11) is 1.55. The van der Waals surface area contributed by atoms with Crippen LogP contribution in [0.1, 0.15) is 60.3 Å². The zero-order valence-electron chi connectivity index (χ0n) is 20.9. The Morgan fingerprint density at radius 1 is 1.25 bits per heavy atom. The number of nitrogens with zero attached hydrogens (tertiary/aromatic N) is 2. The molecule has 3 N–H and O–H groups in total. The smallest absolute Gasteiger partial charge is 0.311 e. The average molecular weight is 563 g/mol. The molecule has 1 amide bonds. The van der Waals surface area contributed by atoms with Crippen LogP contribution in [0.3, 0.4) is 0 Å². The van der Waals surface area contributed by atoms with Crippen LogP contribution in [-0.2, 0) is 23.2 Å². The number of carbonyl (C=O) groups excluding carboxylic acids is 2. The molecule has 2 aromatic carbocycles. The maximum Gasteiger partial charge on any atom is 0.311 e. The van der Waals surface area contributed by atoms with E-state index in [4.69, 9.17) is 10.1 Å². The van der Waals surface area contributed by atoms with Crippen molar-refractivity contribution in [1.29, 1.82) is 5.41 Å². The number of likely N-dealkylation sites (N-methyl/N-ethyl adjacent to an activating group) is 1. The summed E-state index contributed by atoms with van der Waals surface area (Å²) in [6.07, 6.45) is 0.0953. The minimum absolute atomic E-state index is 0. The lowest BCUT2D eigenvalue weighted by atomic mass is 9.84. The maximum atomic E-state index is 13.2. The number of nitro benzene ring substituents is 1. The maximum absolute atomic E-state index is 13.2. The van der Waals surface area contributed by atoms with Crippen LogP contribution in [0.25, 0.3) is 0 Å². The molecule has 0 fully saturated rings. The van der Waals surface area contributed by atoms with Gasteiger partial charge in [0.25, 0.3) is 0 Å². The second-order valence-electron chi connectivity index (χ2n) is 9.43. The molecule has 0 aromatic heterocycles. The lowest BCUT2D eigenvalue weighted by Crippen LogP contribution is -2.30. The molecule has 11 heteroatoms. The summed E-state index contributed by atoms with van der Waals surface area (Å²) in [5, 5.41) is 33.1. The molecule has 1 aliphatic rings. The van der Waals surface area contributed by atoms with Crippen molar-refractivity contribution >= 4 is 40.2 Å². The van der Waals surface area contributed by atoms with Crippen LogP contribution in [-0.4, -0.2) is 52.7 Å². The quantitative estimate of drug-likeness (QED) is 0.251. The average Bonchev–Trinajstić information content (AvgIpc) is 3.07. The Labute approximate surface area is 220 Å². The molecule has 0 atom stereocenters. The summed E-state index contributed by atoms with van der Waals surface area (Å²) in [6, 6.07) is 6.09.